The Balaban J connectivity index is 1.76. The molecule has 0 N–H and O–H groups in total. The number of carbonyl (C=O) groups is 1. The maximum absolute atomic E-state index is 12.9. The van der Waals surface area contributed by atoms with E-state index in [2.05, 4.69) is 0 Å². The van der Waals surface area contributed by atoms with Crippen LogP contribution in [0.25, 0.3) is 0 Å². The molecule has 0 aliphatic carbocycles. The second-order valence-corrected chi connectivity index (χ2v) is 9.44. The monoisotopic (exact) mass is 379 g/mol. The van der Waals surface area contributed by atoms with Crippen LogP contribution in [-0.4, -0.2) is 43.9 Å². The van der Waals surface area contributed by atoms with Crippen molar-refractivity contribution in [3.8, 4) is 5.75 Å². The maximum Gasteiger partial charge on any atom is 0.227 e. The van der Waals surface area contributed by atoms with Crippen LogP contribution in [0.3, 0.4) is 0 Å². The minimum Gasteiger partial charge on any atom is -0.497 e. The second-order valence-electron chi connectivity index (χ2n) is 6.18. The Morgan fingerprint density at radius 1 is 1.28 bits per heavy atom. The molecule has 0 saturated carbocycles. The van der Waals surface area contributed by atoms with Crippen LogP contribution in [0, 0.1) is 0 Å². The summed E-state index contributed by atoms with van der Waals surface area (Å²) < 4.78 is 28.8. The third-order valence-electron chi connectivity index (χ3n) is 4.39. The van der Waals surface area contributed by atoms with Gasteiger partial charge in [0.25, 0.3) is 0 Å². The minimum absolute atomic E-state index is 0.0410. The molecule has 1 atom stereocenters. The van der Waals surface area contributed by atoms with E-state index in [1.165, 1.54) is 0 Å². The minimum atomic E-state index is -3.04. The molecular weight excluding hydrogens is 358 g/mol. The van der Waals surface area contributed by atoms with Crippen LogP contribution in [0.2, 0.25) is 0 Å². The SMILES string of the molecule is COc1ccc(CC(=O)N(Cc2cccs2)[C@@H]2CCS(=O)(=O)C2)cc1. The van der Waals surface area contributed by atoms with Gasteiger partial charge in [-0.1, -0.05) is 18.2 Å². The highest BCUT2D eigenvalue weighted by Crippen LogP contribution is 2.23. The van der Waals surface area contributed by atoms with E-state index in [9.17, 15) is 13.2 Å². The Bertz CT molecular complexity index is 813. The maximum atomic E-state index is 12.9. The van der Waals surface area contributed by atoms with E-state index < -0.39 is 9.84 Å². The van der Waals surface area contributed by atoms with Gasteiger partial charge in [0.1, 0.15) is 5.75 Å². The second kappa shape index (κ2) is 7.58. The van der Waals surface area contributed by atoms with Gasteiger partial charge in [-0.15, -0.1) is 11.3 Å². The van der Waals surface area contributed by atoms with Gasteiger partial charge in [0.15, 0.2) is 9.84 Å². The van der Waals surface area contributed by atoms with Crippen LogP contribution >= 0.6 is 11.3 Å². The van der Waals surface area contributed by atoms with Crippen molar-refractivity contribution in [3.05, 3.63) is 52.2 Å². The third kappa shape index (κ3) is 4.61. The van der Waals surface area contributed by atoms with E-state index in [0.29, 0.717) is 13.0 Å². The number of hydrogen-bond acceptors (Lipinski definition) is 5. The first-order chi connectivity index (χ1) is 12.0. The van der Waals surface area contributed by atoms with Gasteiger partial charge in [-0.05, 0) is 35.6 Å². The average Bonchev–Trinajstić information content (AvgIpc) is 3.22. The van der Waals surface area contributed by atoms with Crippen LogP contribution in [0.4, 0.5) is 0 Å². The highest BCUT2D eigenvalue weighted by Gasteiger charge is 2.34. The molecule has 5 nitrogen and oxygen atoms in total. The Hall–Kier alpha value is -1.86. The van der Waals surface area contributed by atoms with Crippen LogP contribution in [-0.2, 0) is 27.6 Å². The van der Waals surface area contributed by atoms with Gasteiger partial charge in [0.05, 0.1) is 31.6 Å². The molecule has 25 heavy (non-hydrogen) atoms. The number of sulfone groups is 1. The van der Waals surface area contributed by atoms with Gasteiger partial charge in [-0.3, -0.25) is 4.79 Å². The van der Waals surface area contributed by atoms with Crippen molar-refractivity contribution in [1.82, 2.24) is 4.90 Å². The first-order valence-corrected chi connectivity index (χ1v) is 10.8. The normalized spacial score (nSPS) is 18.8. The number of rotatable bonds is 6. The Labute approximate surface area is 152 Å². The number of ether oxygens (including phenoxy) is 1. The number of amides is 1. The molecule has 1 aromatic heterocycles. The van der Waals surface area contributed by atoms with Crippen molar-refractivity contribution >= 4 is 27.1 Å². The van der Waals surface area contributed by atoms with E-state index in [1.54, 1.807) is 23.3 Å². The standard InChI is InChI=1S/C18H21NO4S2/c1-23-16-6-4-14(5-7-16)11-18(20)19(12-17-3-2-9-24-17)15-8-10-25(21,22)13-15/h2-7,9,15H,8,10-13H2,1H3/t15-/m1/s1. The van der Waals surface area contributed by atoms with Crippen LogP contribution in [0.15, 0.2) is 41.8 Å². The molecule has 0 radical (unpaired) electrons. The van der Waals surface area contributed by atoms with Gasteiger partial charge < -0.3 is 9.64 Å². The highest BCUT2D eigenvalue weighted by molar-refractivity contribution is 7.91. The molecule has 0 spiro atoms. The fourth-order valence-corrected chi connectivity index (χ4v) is 5.47. The molecule has 1 saturated heterocycles. The number of benzene rings is 1. The summed E-state index contributed by atoms with van der Waals surface area (Å²) in [6.07, 6.45) is 0.772. The fraction of sp³-hybridized carbons (Fsp3) is 0.389. The van der Waals surface area contributed by atoms with E-state index in [1.807, 2.05) is 41.8 Å². The molecular formula is C18H21NO4S2. The molecule has 0 bridgehead atoms. The highest BCUT2D eigenvalue weighted by atomic mass is 32.2. The summed E-state index contributed by atoms with van der Waals surface area (Å²) in [7, 11) is -1.44. The molecule has 1 aliphatic heterocycles. The Morgan fingerprint density at radius 2 is 2.04 bits per heavy atom. The summed E-state index contributed by atoms with van der Waals surface area (Å²) in [5.41, 5.74) is 0.892. The fourth-order valence-electron chi connectivity index (χ4n) is 3.03. The molecule has 3 rings (SSSR count). The van der Waals surface area contributed by atoms with Crippen LogP contribution < -0.4 is 4.74 Å². The zero-order valence-electron chi connectivity index (χ0n) is 14.1. The molecule has 134 valence electrons. The number of nitrogens with zero attached hydrogens (tertiary/aromatic N) is 1. The van der Waals surface area contributed by atoms with E-state index in [-0.39, 0.29) is 29.9 Å². The van der Waals surface area contributed by atoms with Crippen LogP contribution in [0.5, 0.6) is 5.75 Å². The number of carbonyl (C=O) groups excluding carboxylic acids is 1. The predicted molar refractivity (Wildman–Crippen MR) is 98.6 cm³/mol. The summed E-state index contributed by atoms with van der Waals surface area (Å²) in [4.78, 5) is 15.7. The molecule has 1 amide bonds. The predicted octanol–water partition coefficient (Wildman–Crippen LogP) is 2.52. The van der Waals surface area contributed by atoms with Crippen molar-refractivity contribution in [2.24, 2.45) is 0 Å². The van der Waals surface area contributed by atoms with Crippen molar-refractivity contribution in [1.29, 1.82) is 0 Å². The molecule has 7 heteroatoms. The molecule has 1 aliphatic rings. The largest absolute Gasteiger partial charge is 0.497 e. The summed E-state index contributed by atoms with van der Waals surface area (Å²) in [5, 5.41) is 1.97. The molecule has 2 heterocycles. The first kappa shape index (κ1) is 17.9. The molecule has 0 unspecified atom stereocenters. The lowest BCUT2D eigenvalue weighted by Gasteiger charge is -2.28. The zero-order chi connectivity index (χ0) is 17.9. The van der Waals surface area contributed by atoms with E-state index >= 15 is 0 Å². The Kier molecular flexibility index (Phi) is 5.44. The lowest BCUT2D eigenvalue weighted by Crippen LogP contribution is -2.41. The smallest absolute Gasteiger partial charge is 0.227 e. The summed E-state index contributed by atoms with van der Waals surface area (Å²) in [6.45, 7) is 0.465. The summed E-state index contributed by atoms with van der Waals surface area (Å²) in [5.74, 6) is 0.926. The van der Waals surface area contributed by atoms with Crippen molar-refractivity contribution in [2.45, 2.75) is 25.4 Å². The van der Waals surface area contributed by atoms with Crippen molar-refractivity contribution in [3.63, 3.8) is 0 Å². The average molecular weight is 380 g/mol. The molecule has 2 aromatic rings. The molecule has 1 fully saturated rings. The van der Waals surface area contributed by atoms with Crippen molar-refractivity contribution in [2.75, 3.05) is 18.6 Å². The summed E-state index contributed by atoms with van der Waals surface area (Å²) >= 11 is 1.58. The van der Waals surface area contributed by atoms with Crippen molar-refractivity contribution < 1.29 is 17.9 Å². The first-order valence-electron chi connectivity index (χ1n) is 8.12. The molecule has 1 aromatic carbocycles. The lowest BCUT2D eigenvalue weighted by atomic mass is 10.1. The Morgan fingerprint density at radius 3 is 2.60 bits per heavy atom. The van der Waals surface area contributed by atoms with Crippen LogP contribution in [0.1, 0.15) is 16.9 Å². The number of thiophene rings is 1. The van der Waals surface area contributed by atoms with E-state index in [0.717, 1.165) is 16.2 Å². The zero-order valence-corrected chi connectivity index (χ0v) is 15.7. The van der Waals surface area contributed by atoms with Gasteiger partial charge >= 0.3 is 0 Å². The lowest BCUT2D eigenvalue weighted by molar-refractivity contribution is -0.133. The third-order valence-corrected chi connectivity index (χ3v) is 7.00. The van der Waals surface area contributed by atoms with Gasteiger partial charge in [-0.2, -0.15) is 0 Å². The topological polar surface area (TPSA) is 63.7 Å². The number of methoxy groups -OCH3 is 1. The summed E-state index contributed by atoms with van der Waals surface area (Å²) in [6, 6.07) is 11.1. The quantitative estimate of drug-likeness (QED) is 0.774. The van der Waals surface area contributed by atoms with Gasteiger partial charge in [0.2, 0.25) is 5.91 Å². The number of hydrogen-bond donors (Lipinski definition) is 0. The van der Waals surface area contributed by atoms with Gasteiger partial charge in [-0.25, -0.2) is 8.42 Å². The van der Waals surface area contributed by atoms with Gasteiger partial charge in [0, 0.05) is 10.9 Å². The van der Waals surface area contributed by atoms with E-state index in [4.69, 9.17) is 4.74 Å².